The fourth-order valence-corrected chi connectivity index (χ4v) is 2.12. The average molecular weight is 179 g/mol. The van der Waals surface area contributed by atoms with E-state index in [1.807, 2.05) is 5.32 Å². The van der Waals surface area contributed by atoms with Crippen LogP contribution < -0.4 is 5.32 Å². The maximum absolute atomic E-state index is 10.0. The highest BCUT2D eigenvalue weighted by molar-refractivity contribution is 8.23. The Hall–Kier alpha value is -0.330. The van der Waals surface area contributed by atoms with E-state index < -0.39 is 10.5 Å². The second kappa shape index (κ2) is 2.73. The molecule has 0 bridgehead atoms. The number of hydrogen-bond donors (Lipinski definition) is 3. The summed E-state index contributed by atoms with van der Waals surface area (Å²) in [4.78, 5) is 10.0. The number of amides is 1. The van der Waals surface area contributed by atoms with Crippen molar-refractivity contribution in [2.75, 3.05) is 0 Å². The van der Waals surface area contributed by atoms with Crippen molar-refractivity contribution in [1.82, 2.24) is 5.32 Å². The Morgan fingerprint density at radius 1 is 1.50 bits per heavy atom. The van der Waals surface area contributed by atoms with E-state index in [9.17, 15) is 9.90 Å². The van der Waals surface area contributed by atoms with Crippen LogP contribution in [0.1, 0.15) is 0 Å². The molecule has 1 amide bonds. The van der Waals surface area contributed by atoms with Gasteiger partial charge in [0.1, 0.15) is 0 Å². The van der Waals surface area contributed by atoms with Crippen LogP contribution >= 0.6 is 23.5 Å². The summed E-state index contributed by atoms with van der Waals surface area (Å²) in [7, 11) is 0. The Bertz CT molecular complexity index is 173. The Balaban J connectivity index is 2.46. The van der Waals surface area contributed by atoms with Crippen LogP contribution in [0, 0.1) is 0 Å². The third kappa shape index (κ3) is 1.83. The van der Waals surface area contributed by atoms with Crippen LogP contribution in [-0.4, -0.2) is 20.7 Å². The summed E-state index contributed by atoms with van der Waals surface area (Å²) >= 11 is 2.04. The van der Waals surface area contributed by atoms with E-state index >= 15 is 0 Å². The van der Waals surface area contributed by atoms with Gasteiger partial charge in [0.15, 0.2) is 0 Å². The first-order chi connectivity index (χ1) is 4.62. The van der Waals surface area contributed by atoms with Crippen molar-refractivity contribution in [3.05, 3.63) is 10.8 Å². The fraction of sp³-hybridized carbons (Fsp3) is 0.250. The number of rotatable bonds is 1. The summed E-state index contributed by atoms with van der Waals surface area (Å²) < 4.78 is -1.41. The Morgan fingerprint density at radius 2 is 2.00 bits per heavy atom. The van der Waals surface area contributed by atoms with Gasteiger partial charge in [-0.25, -0.2) is 4.79 Å². The first-order valence-electron chi connectivity index (χ1n) is 2.36. The van der Waals surface area contributed by atoms with Crippen molar-refractivity contribution in [1.29, 1.82) is 0 Å². The maximum Gasteiger partial charge on any atom is 0.408 e. The lowest BCUT2D eigenvalue weighted by atomic mass is 11.0. The van der Waals surface area contributed by atoms with Crippen LogP contribution in [-0.2, 0) is 0 Å². The molecule has 0 unspecified atom stereocenters. The largest absolute Gasteiger partial charge is 0.465 e. The van der Waals surface area contributed by atoms with E-state index in [0.29, 0.717) is 0 Å². The van der Waals surface area contributed by atoms with Gasteiger partial charge >= 0.3 is 6.09 Å². The van der Waals surface area contributed by atoms with Crippen molar-refractivity contribution in [3.8, 4) is 0 Å². The highest BCUT2D eigenvalue weighted by atomic mass is 32.2. The molecule has 0 radical (unpaired) electrons. The van der Waals surface area contributed by atoms with Gasteiger partial charge in [-0.3, -0.25) is 5.32 Å². The van der Waals surface area contributed by atoms with E-state index in [1.54, 1.807) is 10.8 Å². The monoisotopic (exact) mass is 179 g/mol. The van der Waals surface area contributed by atoms with Crippen LogP contribution in [0.2, 0.25) is 0 Å². The molecule has 0 aromatic rings. The molecule has 0 aromatic carbocycles. The quantitative estimate of drug-likeness (QED) is 0.520. The third-order valence-corrected chi connectivity index (χ3v) is 2.91. The fourth-order valence-electron chi connectivity index (χ4n) is 0.462. The minimum atomic E-state index is -1.41. The molecule has 0 saturated heterocycles. The molecule has 0 fully saturated rings. The molecular weight excluding hydrogens is 174 g/mol. The second-order valence-corrected chi connectivity index (χ2v) is 3.98. The van der Waals surface area contributed by atoms with Gasteiger partial charge < -0.3 is 10.2 Å². The Labute approximate surface area is 65.7 Å². The lowest BCUT2D eigenvalue weighted by Gasteiger charge is -2.18. The molecule has 10 heavy (non-hydrogen) atoms. The van der Waals surface area contributed by atoms with Gasteiger partial charge in [-0.1, -0.05) is 23.5 Å². The first-order valence-corrected chi connectivity index (χ1v) is 4.12. The van der Waals surface area contributed by atoms with Gasteiger partial charge in [0.2, 0.25) is 4.39 Å². The lowest BCUT2D eigenvalue weighted by Crippen LogP contribution is -2.40. The summed E-state index contributed by atoms with van der Waals surface area (Å²) in [6.45, 7) is 0. The summed E-state index contributed by atoms with van der Waals surface area (Å²) in [5.41, 5.74) is 0. The van der Waals surface area contributed by atoms with E-state index in [0.717, 1.165) is 23.5 Å². The molecule has 1 aliphatic heterocycles. The molecule has 0 aromatic heterocycles. The molecule has 0 spiro atoms. The van der Waals surface area contributed by atoms with Gasteiger partial charge in [-0.2, -0.15) is 0 Å². The smallest absolute Gasteiger partial charge is 0.408 e. The molecule has 0 saturated carbocycles. The number of aliphatic hydroxyl groups is 1. The molecule has 3 N–H and O–H groups in total. The number of nitrogens with one attached hydrogen (secondary N) is 1. The first kappa shape index (κ1) is 7.77. The molecule has 0 aliphatic carbocycles. The highest BCUT2D eigenvalue weighted by Gasteiger charge is 2.31. The van der Waals surface area contributed by atoms with E-state index in [-0.39, 0.29) is 0 Å². The van der Waals surface area contributed by atoms with Crippen LogP contribution in [0.4, 0.5) is 4.79 Å². The standard InChI is InChI=1S/C4H5NO3S2/c6-3(7)5-4(8)9-1-2-10-4/h1-2,5,8H,(H,6,7). The molecule has 1 aliphatic rings. The Morgan fingerprint density at radius 3 is 2.40 bits per heavy atom. The minimum absolute atomic E-state index is 1.02. The molecular formula is C4H5NO3S2. The normalized spacial score (nSPS) is 20.9. The van der Waals surface area contributed by atoms with Gasteiger partial charge in [0, 0.05) is 0 Å². The number of carboxylic acid groups (broad SMARTS) is 1. The lowest BCUT2D eigenvalue weighted by molar-refractivity contribution is 0.153. The van der Waals surface area contributed by atoms with Crippen molar-refractivity contribution < 1.29 is 15.0 Å². The van der Waals surface area contributed by atoms with Crippen molar-refractivity contribution >= 4 is 29.6 Å². The zero-order valence-corrected chi connectivity index (χ0v) is 6.41. The average Bonchev–Trinajstić information content (AvgIpc) is 2.12. The summed E-state index contributed by atoms with van der Waals surface area (Å²) in [6, 6.07) is 0. The predicted octanol–water partition coefficient (Wildman–Crippen LogP) is 0.809. The van der Waals surface area contributed by atoms with E-state index in [1.165, 1.54) is 0 Å². The van der Waals surface area contributed by atoms with Gasteiger partial charge in [0.05, 0.1) is 0 Å². The summed E-state index contributed by atoms with van der Waals surface area (Å²) in [6.07, 6.45) is -1.23. The number of thioether (sulfide) groups is 2. The molecule has 1 heterocycles. The van der Waals surface area contributed by atoms with Crippen molar-refractivity contribution in [3.63, 3.8) is 0 Å². The van der Waals surface area contributed by atoms with Gasteiger partial charge in [-0.05, 0) is 10.8 Å². The van der Waals surface area contributed by atoms with E-state index in [4.69, 9.17) is 5.11 Å². The van der Waals surface area contributed by atoms with Crippen molar-refractivity contribution in [2.24, 2.45) is 0 Å². The predicted molar refractivity (Wildman–Crippen MR) is 40.4 cm³/mol. The summed E-state index contributed by atoms with van der Waals surface area (Å²) in [5.74, 6) is 0. The van der Waals surface area contributed by atoms with Crippen LogP contribution in [0.3, 0.4) is 0 Å². The van der Waals surface area contributed by atoms with Crippen LogP contribution in [0.15, 0.2) is 10.8 Å². The molecule has 6 heteroatoms. The number of carbonyl (C=O) groups is 1. The van der Waals surface area contributed by atoms with Gasteiger partial charge in [0.25, 0.3) is 0 Å². The molecule has 4 nitrogen and oxygen atoms in total. The van der Waals surface area contributed by atoms with E-state index in [2.05, 4.69) is 0 Å². The topological polar surface area (TPSA) is 69.6 Å². The van der Waals surface area contributed by atoms with Crippen molar-refractivity contribution in [2.45, 2.75) is 4.39 Å². The van der Waals surface area contributed by atoms with Crippen LogP contribution in [0.25, 0.3) is 0 Å². The minimum Gasteiger partial charge on any atom is -0.465 e. The highest BCUT2D eigenvalue weighted by Crippen LogP contribution is 2.39. The number of hydrogen-bond acceptors (Lipinski definition) is 4. The Kier molecular flexibility index (Phi) is 2.12. The molecule has 0 atom stereocenters. The summed E-state index contributed by atoms with van der Waals surface area (Å²) in [5, 5.41) is 22.7. The SMILES string of the molecule is O=C(O)NC1(O)SC=CS1. The second-order valence-electron chi connectivity index (χ2n) is 1.52. The maximum atomic E-state index is 10.0. The molecule has 1 rings (SSSR count). The molecule has 56 valence electrons. The van der Waals surface area contributed by atoms with Crippen LogP contribution in [0.5, 0.6) is 0 Å². The zero-order chi connectivity index (χ0) is 7.61. The van der Waals surface area contributed by atoms with Gasteiger partial charge in [-0.15, -0.1) is 0 Å². The zero-order valence-electron chi connectivity index (χ0n) is 4.77. The third-order valence-electron chi connectivity index (χ3n) is 0.776.